The van der Waals surface area contributed by atoms with Gasteiger partial charge in [0.1, 0.15) is 27.3 Å². The molecule has 2 aliphatic rings. The maximum absolute atomic E-state index is 14.3. The summed E-state index contributed by atoms with van der Waals surface area (Å²) in [6, 6.07) is 6.94. The van der Waals surface area contributed by atoms with Crippen LogP contribution in [0.2, 0.25) is 0 Å². The Morgan fingerprint density at radius 2 is 2.19 bits per heavy atom. The molecule has 1 saturated carbocycles. The number of nitrogens with zero attached hydrogens (tertiary/aromatic N) is 5. The van der Waals surface area contributed by atoms with E-state index >= 15 is 0 Å². The van der Waals surface area contributed by atoms with Gasteiger partial charge in [0, 0.05) is 24.7 Å². The number of nitrogens with one attached hydrogen (secondary N) is 2. The van der Waals surface area contributed by atoms with Gasteiger partial charge in [-0.05, 0) is 50.1 Å². The summed E-state index contributed by atoms with van der Waals surface area (Å²) in [4.78, 5) is 22.1. The first kappa shape index (κ1) is 20.9. The van der Waals surface area contributed by atoms with Gasteiger partial charge >= 0.3 is 0 Å². The standard InChI is InChI=1S/C22H24FN7OS/c23-16-3-1-9-25-20(16)22(7-2-8-22)13-27-18-5-4-17(28-29-18)21-26-12-19(32-21)30(14-31)15-6-10-24-11-15/h1,3-5,9,12,14-15,24H,2,6-8,10-11,13H2,(H,27,29)/t15-/m0/s1. The molecule has 1 atom stereocenters. The summed E-state index contributed by atoms with van der Waals surface area (Å²) in [6.45, 7) is 2.25. The number of pyridine rings is 1. The SMILES string of the molecule is O=CN(c1cnc(-c2ccc(NCC3(c4ncccc4F)CCC3)nn2)s1)[C@H]1CCNC1. The molecule has 0 bridgehead atoms. The van der Waals surface area contributed by atoms with Gasteiger partial charge in [0.15, 0.2) is 0 Å². The van der Waals surface area contributed by atoms with Gasteiger partial charge in [-0.3, -0.25) is 9.78 Å². The summed E-state index contributed by atoms with van der Waals surface area (Å²) in [6.07, 6.45) is 8.00. The van der Waals surface area contributed by atoms with E-state index in [1.54, 1.807) is 23.4 Å². The van der Waals surface area contributed by atoms with Crippen LogP contribution < -0.4 is 15.5 Å². The lowest BCUT2D eigenvalue weighted by Gasteiger charge is -2.41. The average Bonchev–Trinajstić information content (AvgIpc) is 3.48. The van der Waals surface area contributed by atoms with Gasteiger partial charge in [-0.25, -0.2) is 9.37 Å². The zero-order valence-electron chi connectivity index (χ0n) is 17.5. The summed E-state index contributed by atoms with van der Waals surface area (Å²) in [5.74, 6) is 0.368. The summed E-state index contributed by atoms with van der Waals surface area (Å²) >= 11 is 1.42. The Hall–Kier alpha value is -2.98. The molecule has 8 nitrogen and oxygen atoms in total. The number of hydrogen-bond acceptors (Lipinski definition) is 8. The van der Waals surface area contributed by atoms with E-state index in [0.29, 0.717) is 28.8 Å². The Morgan fingerprint density at radius 3 is 2.84 bits per heavy atom. The Bertz CT molecular complexity index is 1080. The molecule has 0 unspecified atom stereocenters. The van der Waals surface area contributed by atoms with Gasteiger partial charge in [0.05, 0.1) is 17.9 Å². The first-order valence-corrected chi connectivity index (χ1v) is 11.6. The number of anilines is 2. The monoisotopic (exact) mass is 453 g/mol. The fraction of sp³-hybridized carbons (Fsp3) is 0.409. The van der Waals surface area contributed by atoms with Crippen molar-refractivity contribution in [2.24, 2.45) is 0 Å². The van der Waals surface area contributed by atoms with Crippen LogP contribution in [0.3, 0.4) is 0 Å². The Morgan fingerprint density at radius 1 is 1.28 bits per heavy atom. The van der Waals surface area contributed by atoms with E-state index < -0.39 is 0 Å². The molecule has 0 aromatic carbocycles. The summed E-state index contributed by atoms with van der Waals surface area (Å²) < 4.78 is 14.3. The van der Waals surface area contributed by atoms with E-state index in [1.807, 2.05) is 12.1 Å². The third-order valence-corrected chi connectivity index (χ3v) is 7.39. The highest BCUT2D eigenvalue weighted by Crippen LogP contribution is 2.43. The minimum atomic E-state index is -0.302. The lowest BCUT2D eigenvalue weighted by atomic mass is 9.66. The van der Waals surface area contributed by atoms with Crippen LogP contribution in [0.1, 0.15) is 31.4 Å². The Labute approximate surface area is 189 Å². The number of amides is 1. The van der Waals surface area contributed by atoms with Crippen molar-refractivity contribution in [3.8, 4) is 10.7 Å². The minimum Gasteiger partial charge on any atom is -0.368 e. The quantitative estimate of drug-likeness (QED) is 0.506. The molecule has 166 valence electrons. The molecule has 1 saturated heterocycles. The fourth-order valence-corrected chi connectivity index (χ4v) is 5.30. The van der Waals surface area contributed by atoms with Crippen LogP contribution in [-0.2, 0) is 10.2 Å². The second-order valence-electron chi connectivity index (χ2n) is 8.29. The number of thiazole rings is 1. The molecule has 1 aliphatic carbocycles. The molecule has 1 aliphatic heterocycles. The number of rotatable bonds is 8. The van der Waals surface area contributed by atoms with Crippen molar-refractivity contribution in [2.45, 2.75) is 37.1 Å². The topological polar surface area (TPSA) is 95.9 Å². The van der Waals surface area contributed by atoms with E-state index in [9.17, 15) is 9.18 Å². The fourth-order valence-electron chi connectivity index (χ4n) is 4.38. The number of carbonyl (C=O) groups excluding carboxylic acids is 1. The van der Waals surface area contributed by atoms with Crippen molar-refractivity contribution in [2.75, 3.05) is 29.9 Å². The largest absolute Gasteiger partial charge is 0.368 e. The van der Waals surface area contributed by atoms with Gasteiger partial charge in [0.25, 0.3) is 0 Å². The zero-order valence-corrected chi connectivity index (χ0v) is 18.3. The van der Waals surface area contributed by atoms with Crippen LogP contribution in [0.4, 0.5) is 15.2 Å². The molecule has 10 heteroatoms. The molecule has 1 amide bonds. The van der Waals surface area contributed by atoms with E-state index in [0.717, 1.165) is 50.2 Å². The van der Waals surface area contributed by atoms with Gasteiger partial charge in [-0.2, -0.15) is 0 Å². The van der Waals surface area contributed by atoms with Crippen LogP contribution >= 0.6 is 11.3 Å². The van der Waals surface area contributed by atoms with Gasteiger partial charge in [0.2, 0.25) is 6.41 Å². The molecule has 5 rings (SSSR count). The second kappa shape index (κ2) is 8.87. The first-order valence-electron chi connectivity index (χ1n) is 10.8. The molecule has 3 aromatic rings. The summed E-state index contributed by atoms with van der Waals surface area (Å²) in [5.41, 5.74) is 0.871. The van der Waals surface area contributed by atoms with Gasteiger partial charge in [-0.1, -0.05) is 17.8 Å². The molecule has 32 heavy (non-hydrogen) atoms. The molecular weight excluding hydrogens is 429 g/mol. The molecule has 2 N–H and O–H groups in total. The number of aromatic nitrogens is 4. The van der Waals surface area contributed by atoms with Crippen molar-refractivity contribution >= 4 is 28.6 Å². The Kier molecular flexibility index (Phi) is 5.79. The van der Waals surface area contributed by atoms with Crippen LogP contribution in [0.15, 0.2) is 36.7 Å². The number of halogens is 1. The number of hydrogen-bond donors (Lipinski definition) is 2. The van der Waals surface area contributed by atoms with Crippen LogP contribution in [0, 0.1) is 5.82 Å². The molecule has 2 fully saturated rings. The van der Waals surface area contributed by atoms with E-state index in [2.05, 4.69) is 30.8 Å². The third-order valence-electron chi connectivity index (χ3n) is 6.35. The average molecular weight is 454 g/mol. The predicted octanol–water partition coefficient (Wildman–Crippen LogP) is 2.99. The van der Waals surface area contributed by atoms with E-state index in [4.69, 9.17) is 0 Å². The molecule has 4 heterocycles. The maximum atomic E-state index is 14.3. The normalized spacial score (nSPS) is 19.3. The third kappa shape index (κ3) is 3.95. The van der Waals surface area contributed by atoms with Crippen molar-refractivity contribution in [1.82, 2.24) is 25.5 Å². The first-order chi connectivity index (χ1) is 15.7. The van der Waals surface area contributed by atoms with E-state index in [-0.39, 0.29) is 17.3 Å². The highest BCUT2D eigenvalue weighted by Gasteiger charge is 2.41. The predicted molar refractivity (Wildman–Crippen MR) is 121 cm³/mol. The van der Waals surface area contributed by atoms with Crippen molar-refractivity contribution < 1.29 is 9.18 Å². The maximum Gasteiger partial charge on any atom is 0.215 e. The molecule has 0 spiro atoms. The minimum absolute atomic E-state index is 0.154. The second-order valence-corrected chi connectivity index (χ2v) is 9.30. The van der Waals surface area contributed by atoms with Crippen molar-refractivity contribution in [3.63, 3.8) is 0 Å². The highest BCUT2D eigenvalue weighted by molar-refractivity contribution is 7.19. The van der Waals surface area contributed by atoms with Crippen LogP contribution in [-0.4, -0.2) is 52.3 Å². The number of carbonyl (C=O) groups is 1. The zero-order chi connectivity index (χ0) is 22.0. The Balaban J connectivity index is 1.26. The van der Waals surface area contributed by atoms with Crippen molar-refractivity contribution in [3.05, 3.63) is 48.2 Å². The van der Waals surface area contributed by atoms with Gasteiger partial charge in [-0.15, -0.1) is 10.2 Å². The molecular formula is C22H24FN7OS. The highest BCUT2D eigenvalue weighted by atomic mass is 32.1. The van der Waals surface area contributed by atoms with E-state index in [1.165, 1.54) is 17.4 Å². The lowest BCUT2D eigenvalue weighted by molar-refractivity contribution is -0.107. The van der Waals surface area contributed by atoms with Crippen molar-refractivity contribution in [1.29, 1.82) is 0 Å². The van der Waals surface area contributed by atoms with Crippen LogP contribution in [0.25, 0.3) is 10.7 Å². The summed E-state index contributed by atoms with van der Waals surface area (Å²) in [5, 5.41) is 16.7. The summed E-state index contributed by atoms with van der Waals surface area (Å²) in [7, 11) is 0. The smallest absolute Gasteiger partial charge is 0.215 e. The molecule has 0 radical (unpaired) electrons. The van der Waals surface area contributed by atoms with Crippen LogP contribution in [0.5, 0.6) is 0 Å². The van der Waals surface area contributed by atoms with Gasteiger partial charge < -0.3 is 15.5 Å². The lowest BCUT2D eigenvalue weighted by Crippen LogP contribution is -2.42. The molecule has 3 aromatic heterocycles.